The van der Waals surface area contributed by atoms with Gasteiger partial charge in [-0.3, -0.25) is 4.98 Å². The van der Waals surface area contributed by atoms with Gasteiger partial charge in [-0.1, -0.05) is 0 Å². The van der Waals surface area contributed by atoms with Gasteiger partial charge in [0.15, 0.2) is 17.3 Å². The van der Waals surface area contributed by atoms with E-state index in [2.05, 4.69) is 15.2 Å². The zero-order valence-electron chi connectivity index (χ0n) is 10.3. The predicted molar refractivity (Wildman–Crippen MR) is 74.0 cm³/mol. The quantitative estimate of drug-likeness (QED) is 0.286. The molecule has 2 rings (SSSR count). The average Bonchev–Trinajstić information content (AvgIpc) is 2.48. The summed E-state index contributed by atoms with van der Waals surface area (Å²) in [4.78, 5) is 3.85. The molecule has 7 nitrogen and oxygen atoms in total. The van der Waals surface area contributed by atoms with Crippen molar-refractivity contribution in [3.63, 3.8) is 0 Å². The molecule has 0 spiro atoms. The number of benzene rings is 1. The molecule has 5 N–H and O–H groups in total. The van der Waals surface area contributed by atoms with Gasteiger partial charge >= 0.3 is 0 Å². The Hall–Kier alpha value is -3.09. The fourth-order valence-electron chi connectivity index (χ4n) is 1.42. The molecule has 1 heterocycles. The molecular weight excluding hydrogens is 260 g/mol. The van der Waals surface area contributed by atoms with E-state index >= 15 is 0 Å². The summed E-state index contributed by atoms with van der Waals surface area (Å²) in [6.45, 7) is 0. The summed E-state index contributed by atoms with van der Waals surface area (Å²) in [6.07, 6.45) is 4.36. The minimum atomic E-state index is -0.611. The summed E-state index contributed by atoms with van der Waals surface area (Å²) >= 11 is 0. The number of phenols is 3. The highest BCUT2D eigenvalue weighted by atomic mass is 16.3. The highest BCUT2D eigenvalue weighted by Gasteiger charge is 2.08. The maximum Gasteiger partial charge on any atom is 0.200 e. The van der Waals surface area contributed by atoms with Crippen molar-refractivity contribution in [2.45, 2.75) is 0 Å². The van der Waals surface area contributed by atoms with Gasteiger partial charge in [-0.15, -0.1) is 5.10 Å². The van der Waals surface area contributed by atoms with Crippen LogP contribution in [-0.2, 0) is 0 Å². The maximum atomic E-state index is 9.57. The molecule has 0 saturated carbocycles. The smallest absolute Gasteiger partial charge is 0.200 e. The Labute approximate surface area is 114 Å². The standard InChI is InChI=1S/C13H12N4O3/c14-13(8-3-5-15-6-4-8)17-16-7-9-1-2-10(18)12(20)11(9)19/h1-7,18-20H,(H2,14,17)/b16-7+. The van der Waals surface area contributed by atoms with E-state index in [-0.39, 0.29) is 11.4 Å². The second-order valence-electron chi connectivity index (χ2n) is 3.84. The Morgan fingerprint density at radius 1 is 1.05 bits per heavy atom. The normalized spacial score (nSPS) is 11.9. The van der Waals surface area contributed by atoms with Crippen LogP contribution in [0.5, 0.6) is 17.2 Å². The molecule has 0 aliphatic rings. The van der Waals surface area contributed by atoms with E-state index in [1.807, 2.05) is 0 Å². The molecule has 0 aliphatic heterocycles. The minimum absolute atomic E-state index is 0.186. The Bertz CT molecular complexity index is 669. The lowest BCUT2D eigenvalue weighted by atomic mass is 10.2. The number of aromatic nitrogens is 1. The zero-order valence-corrected chi connectivity index (χ0v) is 10.3. The Kier molecular flexibility index (Phi) is 3.80. The predicted octanol–water partition coefficient (Wildman–Crippen LogP) is 0.938. The average molecular weight is 272 g/mol. The van der Waals surface area contributed by atoms with Crippen molar-refractivity contribution in [2.75, 3.05) is 0 Å². The summed E-state index contributed by atoms with van der Waals surface area (Å²) in [5.41, 5.74) is 6.57. The number of aromatic hydroxyl groups is 3. The van der Waals surface area contributed by atoms with Gasteiger partial charge in [0, 0.05) is 23.5 Å². The lowest BCUT2D eigenvalue weighted by Gasteiger charge is -2.02. The number of phenolic OH excluding ortho intramolecular Hbond substituents is 3. The molecule has 0 atom stereocenters. The lowest BCUT2D eigenvalue weighted by molar-refractivity contribution is 0.367. The van der Waals surface area contributed by atoms with Gasteiger partial charge < -0.3 is 21.1 Å². The Balaban J connectivity index is 2.21. The van der Waals surface area contributed by atoms with E-state index in [0.29, 0.717) is 5.56 Å². The van der Waals surface area contributed by atoms with Gasteiger partial charge in [0.1, 0.15) is 0 Å². The zero-order chi connectivity index (χ0) is 14.5. The number of pyridine rings is 1. The fourth-order valence-corrected chi connectivity index (χ4v) is 1.42. The highest BCUT2D eigenvalue weighted by molar-refractivity contribution is 5.97. The molecule has 0 amide bonds. The first-order valence-electron chi connectivity index (χ1n) is 5.60. The molecule has 0 aliphatic carbocycles. The van der Waals surface area contributed by atoms with Crippen molar-refractivity contribution < 1.29 is 15.3 Å². The molecule has 7 heteroatoms. The number of rotatable bonds is 3. The van der Waals surface area contributed by atoms with Gasteiger partial charge in [-0.2, -0.15) is 5.10 Å². The number of hydrogen-bond donors (Lipinski definition) is 4. The maximum absolute atomic E-state index is 9.57. The summed E-state index contributed by atoms with van der Waals surface area (Å²) in [7, 11) is 0. The molecule has 0 fully saturated rings. The van der Waals surface area contributed by atoms with Gasteiger partial charge in [-0.25, -0.2) is 0 Å². The summed E-state index contributed by atoms with van der Waals surface area (Å²) in [5.74, 6) is -1.32. The second-order valence-corrected chi connectivity index (χ2v) is 3.84. The second kappa shape index (κ2) is 5.70. The van der Waals surface area contributed by atoms with Crippen molar-refractivity contribution in [1.82, 2.24) is 4.98 Å². The molecule has 0 unspecified atom stereocenters. The molecule has 1 aromatic heterocycles. The molecular formula is C13H12N4O3. The van der Waals surface area contributed by atoms with Crippen LogP contribution in [0.2, 0.25) is 0 Å². The van der Waals surface area contributed by atoms with E-state index in [1.54, 1.807) is 24.5 Å². The number of amidine groups is 1. The van der Waals surface area contributed by atoms with Crippen LogP contribution in [0, 0.1) is 0 Å². The fraction of sp³-hybridized carbons (Fsp3) is 0. The molecule has 1 aromatic carbocycles. The first-order chi connectivity index (χ1) is 9.59. The molecule has 0 saturated heterocycles. The summed E-state index contributed by atoms with van der Waals surface area (Å²) in [5, 5.41) is 35.6. The van der Waals surface area contributed by atoms with Gasteiger partial charge in [-0.05, 0) is 24.3 Å². The SMILES string of the molecule is N/C(=N\N=C\c1ccc(O)c(O)c1O)c1ccncc1. The van der Waals surface area contributed by atoms with Crippen LogP contribution < -0.4 is 5.73 Å². The van der Waals surface area contributed by atoms with Crippen molar-refractivity contribution >= 4 is 12.1 Å². The van der Waals surface area contributed by atoms with Crippen LogP contribution in [0.1, 0.15) is 11.1 Å². The van der Waals surface area contributed by atoms with Gasteiger partial charge in [0.05, 0.1) is 6.21 Å². The van der Waals surface area contributed by atoms with Crippen molar-refractivity contribution in [3.8, 4) is 17.2 Å². The van der Waals surface area contributed by atoms with Crippen molar-refractivity contribution in [1.29, 1.82) is 0 Å². The lowest BCUT2D eigenvalue weighted by Crippen LogP contribution is -2.12. The van der Waals surface area contributed by atoms with Crippen LogP contribution in [0.4, 0.5) is 0 Å². The molecule has 0 radical (unpaired) electrons. The van der Waals surface area contributed by atoms with Crippen molar-refractivity contribution in [2.24, 2.45) is 15.9 Å². The third kappa shape index (κ3) is 2.83. The molecule has 0 bridgehead atoms. The van der Waals surface area contributed by atoms with E-state index < -0.39 is 17.2 Å². The van der Waals surface area contributed by atoms with Crippen LogP contribution in [-0.4, -0.2) is 32.4 Å². The van der Waals surface area contributed by atoms with Crippen LogP contribution in [0.25, 0.3) is 0 Å². The van der Waals surface area contributed by atoms with Crippen molar-refractivity contribution in [3.05, 3.63) is 47.8 Å². The van der Waals surface area contributed by atoms with Crippen LogP contribution in [0.3, 0.4) is 0 Å². The third-order valence-electron chi connectivity index (χ3n) is 2.50. The van der Waals surface area contributed by atoms with E-state index in [1.165, 1.54) is 18.3 Å². The van der Waals surface area contributed by atoms with E-state index in [9.17, 15) is 15.3 Å². The first kappa shape index (κ1) is 13.3. The minimum Gasteiger partial charge on any atom is -0.504 e. The molecule has 102 valence electrons. The monoisotopic (exact) mass is 272 g/mol. The number of nitrogens with two attached hydrogens (primary N) is 1. The number of hydrogen-bond acceptors (Lipinski definition) is 6. The van der Waals surface area contributed by atoms with E-state index in [0.717, 1.165) is 0 Å². The summed E-state index contributed by atoms with van der Waals surface area (Å²) in [6, 6.07) is 5.97. The topological polar surface area (TPSA) is 124 Å². The Morgan fingerprint density at radius 2 is 1.75 bits per heavy atom. The number of nitrogens with zero attached hydrogens (tertiary/aromatic N) is 3. The molecule has 2 aromatic rings. The first-order valence-corrected chi connectivity index (χ1v) is 5.60. The van der Waals surface area contributed by atoms with Gasteiger partial charge in [0.25, 0.3) is 0 Å². The van der Waals surface area contributed by atoms with Crippen LogP contribution in [0.15, 0.2) is 46.9 Å². The Morgan fingerprint density at radius 3 is 2.45 bits per heavy atom. The van der Waals surface area contributed by atoms with Gasteiger partial charge in [0.2, 0.25) is 5.75 Å². The highest BCUT2D eigenvalue weighted by Crippen LogP contribution is 2.36. The van der Waals surface area contributed by atoms with E-state index in [4.69, 9.17) is 5.73 Å². The van der Waals surface area contributed by atoms with Crippen LogP contribution >= 0.6 is 0 Å². The third-order valence-corrected chi connectivity index (χ3v) is 2.50. The largest absolute Gasteiger partial charge is 0.504 e. The molecule has 20 heavy (non-hydrogen) atoms. The summed E-state index contributed by atoms with van der Waals surface area (Å²) < 4.78 is 0.